The lowest BCUT2D eigenvalue weighted by molar-refractivity contribution is 1.32. The highest BCUT2D eigenvalue weighted by atomic mass is 32.3. The third kappa shape index (κ3) is 1.89. The summed E-state index contributed by atoms with van der Waals surface area (Å²) in [5.41, 5.74) is 1.02. The van der Waals surface area contributed by atoms with Crippen LogP contribution >= 0.6 is 10.0 Å². The highest BCUT2D eigenvalue weighted by molar-refractivity contribution is 8.32. The van der Waals surface area contributed by atoms with E-state index in [1.165, 1.54) is 0 Å². The van der Waals surface area contributed by atoms with Crippen LogP contribution in [-0.4, -0.2) is 18.8 Å². The third-order valence-electron chi connectivity index (χ3n) is 1.92. The minimum absolute atomic E-state index is 0.479. The average molecular weight is 204 g/mol. The number of hydrogen-bond donors (Lipinski definition) is 0. The van der Waals surface area contributed by atoms with Crippen LogP contribution in [0.15, 0.2) is 23.1 Å². The van der Waals surface area contributed by atoms with E-state index in [0.717, 1.165) is 4.90 Å². The fraction of sp³-hybridized carbons (Fsp3) is 0.273. The Morgan fingerprint density at radius 1 is 1.07 bits per heavy atom. The molecule has 1 aromatic rings. The van der Waals surface area contributed by atoms with E-state index in [2.05, 4.69) is 24.8 Å². The molecule has 0 N–H and O–H groups in total. The summed E-state index contributed by atoms with van der Waals surface area (Å²) in [5, 5.41) is 17.9. The van der Waals surface area contributed by atoms with Crippen molar-refractivity contribution in [3.8, 4) is 12.1 Å². The van der Waals surface area contributed by atoms with Gasteiger partial charge in [-0.25, -0.2) is 10.0 Å². The molecule has 0 saturated heterocycles. The van der Waals surface area contributed by atoms with Crippen LogP contribution in [0.25, 0.3) is 0 Å². The first-order valence-corrected chi connectivity index (χ1v) is 6.98. The summed E-state index contributed by atoms with van der Waals surface area (Å²) in [7, 11) is -0.952. The maximum Gasteiger partial charge on any atom is 0.102 e. The lowest BCUT2D eigenvalue weighted by Crippen LogP contribution is -1.98. The van der Waals surface area contributed by atoms with Gasteiger partial charge in [0.1, 0.15) is 12.1 Å². The van der Waals surface area contributed by atoms with Crippen molar-refractivity contribution in [2.45, 2.75) is 4.90 Å². The number of benzene rings is 1. The highest BCUT2D eigenvalue weighted by Gasteiger charge is 2.15. The second kappa shape index (κ2) is 3.74. The van der Waals surface area contributed by atoms with Crippen molar-refractivity contribution < 1.29 is 0 Å². The lowest BCUT2D eigenvalue weighted by atomic mass is 10.1. The zero-order valence-corrected chi connectivity index (χ0v) is 9.35. The van der Waals surface area contributed by atoms with Gasteiger partial charge in [-0.1, -0.05) is 6.07 Å². The van der Waals surface area contributed by atoms with Crippen molar-refractivity contribution in [3.05, 3.63) is 29.3 Å². The Hall–Kier alpha value is -1.45. The van der Waals surface area contributed by atoms with Crippen LogP contribution in [0.4, 0.5) is 0 Å². The van der Waals surface area contributed by atoms with Crippen molar-refractivity contribution in [2.24, 2.45) is 0 Å². The Kier molecular flexibility index (Phi) is 2.84. The molecule has 0 fully saturated rings. The molecule has 14 heavy (non-hydrogen) atoms. The van der Waals surface area contributed by atoms with Gasteiger partial charge in [0.2, 0.25) is 0 Å². The molecule has 0 aliphatic heterocycles. The predicted octanol–water partition coefficient (Wildman–Crippen LogP) is 2.48. The van der Waals surface area contributed by atoms with Gasteiger partial charge in [-0.15, -0.1) is 0 Å². The molecule has 0 heterocycles. The van der Waals surface area contributed by atoms with Crippen LogP contribution in [0.5, 0.6) is 0 Å². The van der Waals surface area contributed by atoms with Crippen molar-refractivity contribution in [1.82, 2.24) is 0 Å². The number of hydrogen-bond acceptors (Lipinski definition) is 2. The third-order valence-corrected chi connectivity index (χ3v) is 3.58. The van der Waals surface area contributed by atoms with E-state index in [4.69, 9.17) is 10.5 Å². The first-order valence-electron chi connectivity index (χ1n) is 4.12. The van der Waals surface area contributed by atoms with Gasteiger partial charge in [0.05, 0.1) is 11.1 Å². The molecule has 0 aromatic heterocycles. The van der Waals surface area contributed by atoms with Crippen LogP contribution in [-0.2, 0) is 0 Å². The summed E-state index contributed by atoms with van der Waals surface area (Å²) in [6.45, 7) is 0. The highest BCUT2D eigenvalue weighted by Crippen LogP contribution is 2.47. The van der Waals surface area contributed by atoms with E-state index in [9.17, 15) is 0 Å². The normalized spacial score (nSPS) is 11.5. The molecule has 0 bridgehead atoms. The summed E-state index contributed by atoms with van der Waals surface area (Å²) in [6.07, 6.45) is 6.35. The molecule has 0 spiro atoms. The Labute approximate surface area is 86.1 Å². The fourth-order valence-electron chi connectivity index (χ4n) is 1.25. The van der Waals surface area contributed by atoms with Crippen molar-refractivity contribution in [1.29, 1.82) is 10.5 Å². The molecule has 0 aliphatic carbocycles. The molecule has 0 atom stereocenters. The van der Waals surface area contributed by atoms with Gasteiger partial charge in [0.25, 0.3) is 0 Å². The van der Waals surface area contributed by atoms with Gasteiger partial charge in [-0.2, -0.15) is 10.5 Å². The second-order valence-corrected chi connectivity index (χ2v) is 7.85. The molecule has 3 heteroatoms. The smallest absolute Gasteiger partial charge is 0.102 e. The number of nitriles is 2. The van der Waals surface area contributed by atoms with E-state index in [1.54, 1.807) is 6.07 Å². The molecule has 0 saturated carbocycles. The van der Waals surface area contributed by atoms with E-state index >= 15 is 0 Å². The largest absolute Gasteiger partial charge is 0.222 e. The quantitative estimate of drug-likeness (QED) is 0.705. The molecule has 0 unspecified atom stereocenters. The molecule has 0 amide bonds. The summed E-state index contributed by atoms with van der Waals surface area (Å²) >= 11 is 0. The van der Waals surface area contributed by atoms with Crippen molar-refractivity contribution >= 4 is 10.0 Å². The number of rotatable bonds is 1. The predicted molar refractivity (Wildman–Crippen MR) is 59.5 cm³/mol. The van der Waals surface area contributed by atoms with Crippen LogP contribution in [0, 0.1) is 22.7 Å². The summed E-state index contributed by atoms with van der Waals surface area (Å²) < 4.78 is 0. The Bertz CT molecular complexity index is 430. The van der Waals surface area contributed by atoms with E-state index < -0.39 is 10.0 Å². The number of nitrogens with zero attached hydrogens (tertiary/aromatic N) is 2. The van der Waals surface area contributed by atoms with Crippen LogP contribution in [0.2, 0.25) is 0 Å². The van der Waals surface area contributed by atoms with E-state index in [1.807, 2.05) is 18.2 Å². The van der Waals surface area contributed by atoms with Gasteiger partial charge >= 0.3 is 0 Å². The van der Waals surface area contributed by atoms with Crippen molar-refractivity contribution in [3.63, 3.8) is 0 Å². The Morgan fingerprint density at radius 2 is 1.71 bits per heavy atom. The summed E-state index contributed by atoms with van der Waals surface area (Å²) in [4.78, 5) is 1.01. The molecule has 0 aliphatic rings. The fourth-order valence-corrected chi connectivity index (χ4v) is 2.50. The minimum atomic E-state index is -0.952. The zero-order chi connectivity index (χ0) is 10.8. The van der Waals surface area contributed by atoms with Gasteiger partial charge in [-0.3, -0.25) is 0 Å². The van der Waals surface area contributed by atoms with E-state index in [0.29, 0.717) is 11.1 Å². The van der Waals surface area contributed by atoms with Gasteiger partial charge in [-0.05, 0) is 30.9 Å². The van der Waals surface area contributed by atoms with Crippen LogP contribution in [0.3, 0.4) is 0 Å². The molecular weight excluding hydrogens is 192 g/mol. The first-order chi connectivity index (χ1) is 6.50. The van der Waals surface area contributed by atoms with E-state index in [-0.39, 0.29) is 0 Å². The first kappa shape index (κ1) is 10.6. The lowest BCUT2D eigenvalue weighted by Gasteiger charge is -2.26. The van der Waals surface area contributed by atoms with Crippen LogP contribution < -0.4 is 0 Å². The monoisotopic (exact) mass is 204 g/mol. The summed E-state index contributed by atoms with van der Waals surface area (Å²) in [6, 6.07) is 9.64. The Morgan fingerprint density at radius 3 is 2.14 bits per heavy atom. The standard InChI is InChI=1S/C11H12N2S/c1-14(2,3)11-6-4-5-9(7-12)10(11)8-13/h4-6H,1-3H3. The molecule has 2 nitrogen and oxygen atoms in total. The SMILES string of the molecule is CS(C)(C)c1cccc(C#N)c1C#N. The minimum Gasteiger partial charge on any atom is -0.222 e. The molecule has 1 aromatic carbocycles. The topological polar surface area (TPSA) is 47.6 Å². The molecule has 72 valence electrons. The maximum absolute atomic E-state index is 9.01. The van der Waals surface area contributed by atoms with Crippen molar-refractivity contribution in [2.75, 3.05) is 18.8 Å². The Balaban J connectivity index is 3.49. The molecular formula is C11H12N2S. The second-order valence-electron chi connectivity index (χ2n) is 3.74. The zero-order valence-electron chi connectivity index (χ0n) is 8.53. The van der Waals surface area contributed by atoms with Crippen LogP contribution in [0.1, 0.15) is 11.1 Å². The van der Waals surface area contributed by atoms with Gasteiger partial charge < -0.3 is 0 Å². The average Bonchev–Trinajstić information content (AvgIpc) is 2.15. The molecule has 1 rings (SSSR count). The van der Waals surface area contributed by atoms with Gasteiger partial charge in [0.15, 0.2) is 0 Å². The van der Waals surface area contributed by atoms with Gasteiger partial charge in [0, 0.05) is 4.90 Å². The summed E-state index contributed by atoms with van der Waals surface area (Å²) in [5.74, 6) is 0. The molecule has 0 radical (unpaired) electrons. The maximum atomic E-state index is 9.01.